The van der Waals surface area contributed by atoms with Crippen molar-refractivity contribution in [1.82, 2.24) is 0 Å². The highest BCUT2D eigenvalue weighted by atomic mass is 16.5. The molecule has 0 aliphatic heterocycles. The Morgan fingerprint density at radius 1 is 1.44 bits per heavy atom. The van der Waals surface area contributed by atoms with Crippen LogP contribution in [0.3, 0.4) is 0 Å². The first kappa shape index (κ1) is 12.6. The SMILES string of the molecule is CCc1cc(OC)ccc1C(C)CCC#N. The van der Waals surface area contributed by atoms with Crippen LogP contribution < -0.4 is 4.74 Å². The molecule has 0 radical (unpaired) electrons. The minimum Gasteiger partial charge on any atom is -0.497 e. The zero-order valence-corrected chi connectivity index (χ0v) is 10.3. The summed E-state index contributed by atoms with van der Waals surface area (Å²) in [5, 5.41) is 8.60. The molecule has 2 heteroatoms. The molecule has 0 spiro atoms. The molecule has 1 atom stereocenters. The van der Waals surface area contributed by atoms with Crippen molar-refractivity contribution in [3.05, 3.63) is 29.3 Å². The van der Waals surface area contributed by atoms with Crippen molar-refractivity contribution in [3.63, 3.8) is 0 Å². The molecule has 0 aliphatic rings. The molecule has 1 aromatic carbocycles. The quantitative estimate of drug-likeness (QED) is 0.754. The van der Waals surface area contributed by atoms with Gasteiger partial charge in [0.2, 0.25) is 0 Å². The van der Waals surface area contributed by atoms with Crippen LogP contribution in [-0.4, -0.2) is 7.11 Å². The van der Waals surface area contributed by atoms with Gasteiger partial charge in [-0.05, 0) is 42.0 Å². The lowest BCUT2D eigenvalue weighted by molar-refractivity contribution is 0.414. The molecule has 0 saturated carbocycles. The van der Waals surface area contributed by atoms with Crippen molar-refractivity contribution in [2.45, 2.75) is 39.0 Å². The molecule has 0 heterocycles. The number of nitriles is 1. The third-order valence-electron chi connectivity index (χ3n) is 2.95. The molecule has 86 valence electrons. The van der Waals surface area contributed by atoms with E-state index >= 15 is 0 Å². The highest BCUT2D eigenvalue weighted by Crippen LogP contribution is 2.27. The van der Waals surface area contributed by atoms with E-state index in [0.29, 0.717) is 12.3 Å². The summed E-state index contributed by atoms with van der Waals surface area (Å²) in [5.41, 5.74) is 2.67. The second kappa shape index (κ2) is 6.17. The van der Waals surface area contributed by atoms with Crippen molar-refractivity contribution in [2.75, 3.05) is 7.11 Å². The van der Waals surface area contributed by atoms with E-state index in [4.69, 9.17) is 10.00 Å². The van der Waals surface area contributed by atoms with E-state index in [0.717, 1.165) is 18.6 Å². The summed E-state index contributed by atoms with van der Waals surface area (Å²) >= 11 is 0. The smallest absolute Gasteiger partial charge is 0.119 e. The van der Waals surface area contributed by atoms with Crippen molar-refractivity contribution < 1.29 is 4.74 Å². The van der Waals surface area contributed by atoms with Gasteiger partial charge in [0.1, 0.15) is 5.75 Å². The predicted octanol–water partition coefficient (Wildman–Crippen LogP) is 3.66. The van der Waals surface area contributed by atoms with E-state index in [2.05, 4.69) is 32.0 Å². The zero-order chi connectivity index (χ0) is 12.0. The summed E-state index contributed by atoms with van der Waals surface area (Å²) in [6.45, 7) is 4.33. The lowest BCUT2D eigenvalue weighted by atomic mass is 9.91. The average molecular weight is 217 g/mol. The van der Waals surface area contributed by atoms with Gasteiger partial charge in [0, 0.05) is 6.42 Å². The standard InChI is InChI=1S/C14H19NO/c1-4-12-10-13(16-3)7-8-14(12)11(2)6-5-9-15/h7-8,10-11H,4-6H2,1-3H3. The monoisotopic (exact) mass is 217 g/mol. The zero-order valence-electron chi connectivity index (χ0n) is 10.3. The number of ether oxygens (including phenoxy) is 1. The fourth-order valence-corrected chi connectivity index (χ4v) is 1.93. The maximum absolute atomic E-state index is 8.60. The Morgan fingerprint density at radius 3 is 2.75 bits per heavy atom. The van der Waals surface area contributed by atoms with E-state index in [1.807, 2.05) is 6.07 Å². The Kier molecular flexibility index (Phi) is 4.85. The van der Waals surface area contributed by atoms with Crippen LogP contribution >= 0.6 is 0 Å². The van der Waals surface area contributed by atoms with E-state index in [1.54, 1.807) is 7.11 Å². The summed E-state index contributed by atoms with van der Waals surface area (Å²) < 4.78 is 5.22. The normalized spacial score (nSPS) is 11.9. The van der Waals surface area contributed by atoms with E-state index in [-0.39, 0.29) is 0 Å². The van der Waals surface area contributed by atoms with Gasteiger partial charge in [0.15, 0.2) is 0 Å². The maximum Gasteiger partial charge on any atom is 0.119 e. The Bertz CT molecular complexity index is 379. The van der Waals surface area contributed by atoms with Crippen LogP contribution in [0.4, 0.5) is 0 Å². The largest absolute Gasteiger partial charge is 0.497 e. The first-order chi connectivity index (χ1) is 7.72. The molecule has 2 nitrogen and oxygen atoms in total. The molecule has 1 aromatic rings. The number of nitrogens with zero attached hydrogens (tertiary/aromatic N) is 1. The van der Waals surface area contributed by atoms with Crippen molar-refractivity contribution in [1.29, 1.82) is 5.26 Å². The van der Waals surface area contributed by atoms with Gasteiger partial charge in [-0.2, -0.15) is 5.26 Å². The number of benzene rings is 1. The highest BCUT2D eigenvalue weighted by molar-refractivity contribution is 5.37. The summed E-state index contributed by atoms with van der Waals surface area (Å²) in [4.78, 5) is 0. The molecule has 1 rings (SSSR count). The van der Waals surface area contributed by atoms with E-state index < -0.39 is 0 Å². The van der Waals surface area contributed by atoms with E-state index in [1.165, 1.54) is 11.1 Å². The first-order valence-electron chi connectivity index (χ1n) is 5.76. The van der Waals surface area contributed by atoms with Crippen LogP contribution in [0, 0.1) is 11.3 Å². The molecule has 0 N–H and O–H groups in total. The minimum atomic E-state index is 0.445. The molecule has 0 amide bonds. The van der Waals surface area contributed by atoms with Crippen molar-refractivity contribution in [2.24, 2.45) is 0 Å². The molecule has 0 saturated heterocycles. The fraction of sp³-hybridized carbons (Fsp3) is 0.500. The average Bonchev–Trinajstić information content (AvgIpc) is 2.34. The van der Waals surface area contributed by atoms with Crippen LogP contribution in [-0.2, 0) is 6.42 Å². The lowest BCUT2D eigenvalue weighted by Gasteiger charge is -2.15. The third-order valence-corrected chi connectivity index (χ3v) is 2.95. The predicted molar refractivity (Wildman–Crippen MR) is 65.6 cm³/mol. The number of rotatable bonds is 5. The van der Waals surface area contributed by atoms with Gasteiger partial charge in [-0.1, -0.05) is 19.9 Å². The Labute approximate surface area is 97.9 Å². The third kappa shape index (κ3) is 3.00. The molecular weight excluding hydrogens is 198 g/mol. The fourth-order valence-electron chi connectivity index (χ4n) is 1.93. The second-order valence-corrected chi connectivity index (χ2v) is 4.02. The van der Waals surface area contributed by atoms with Crippen LogP contribution in [0.2, 0.25) is 0 Å². The molecule has 1 unspecified atom stereocenters. The van der Waals surface area contributed by atoms with Crippen LogP contribution in [0.25, 0.3) is 0 Å². The van der Waals surface area contributed by atoms with Gasteiger partial charge in [0.05, 0.1) is 13.2 Å². The van der Waals surface area contributed by atoms with Gasteiger partial charge >= 0.3 is 0 Å². The number of hydrogen-bond donors (Lipinski definition) is 0. The summed E-state index contributed by atoms with van der Waals surface area (Å²) in [6, 6.07) is 8.42. The van der Waals surface area contributed by atoms with Crippen LogP contribution in [0.1, 0.15) is 43.7 Å². The van der Waals surface area contributed by atoms with Gasteiger partial charge in [-0.15, -0.1) is 0 Å². The molecule has 0 aliphatic carbocycles. The topological polar surface area (TPSA) is 33.0 Å². The van der Waals surface area contributed by atoms with Crippen LogP contribution in [0.15, 0.2) is 18.2 Å². The Hall–Kier alpha value is -1.49. The number of methoxy groups -OCH3 is 1. The Morgan fingerprint density at radius 2 is 2.19 bits per heavy atom. The summed E-state index contributed by atoms with van der Waals surface area (Å²) in [5.74, 6) is 1.36. The number of aryl methyl sites for hydroxylation is 1. The second-order valence-electron chi connectivity index (χ2n) is 4.02. The lowest BCUT2D eigenvalue weighted by Crippen LogP contribution is -1.99. The van der Waals surface area contributed by atoms with Crippen molar-refractivity contribution >= 4 is 0 Å². The summed E-state index contributed by atoms with van der Waals surface area (Å²) in [6.07, 6.45) is 2.55. The summed E-state index contributed by atoms with van der Waals surface area (Å²) in [7, 11) is 1.69. The molecule has 0 aromatic heterocycles. The molecular formula is C14H19NO. The van der Waals surface area contributed by atoms with E-state index in [9.17, 15) is 0 Å². The first-order valence-corrected chi connectivity index (χ1v) is 5.76. The molecule has 0 bridgehead atoms. The minimum absolute atomic E-state index is 0.445. The van der Waals surface area contributed by atoms with Gasteiger partial charge in [-0.3, -0.25) is 0 Å². The number of hydrogen-bond acceptors (Lipinski definition) is 2. The maximum atomic E-state index is 8.60. The molecule has 0 fully saturated rings. The Balaban J connectivity index is 2.90. The van der Waals surface area contributed by atoms with Gasteiger partial charge in [-0.25, -0.2) is 0 Å². The van der Waals surface area contributed by atoms with Crippen LogP contribution in [0.5, 0.6) is 5.75 Å². The molecule has 16 heavy (non-hydrogen) atoms. The highest BCUT2D eigenvalue weighted by Gasteiger charge is 2.10. The van der Waals surface area contributed by atoms with Gasteiger partial charge in [0.25, 0.3) is 0 Å². The van der Waals surface area contributed by atoms with Gasteiger partial charge < -0.3 is 4.74 Å². The van der Waals surface area contributed by atoms with Crippen molar-refractivity contribution in [3.8, 4) is 11.8 Å².